The van der Waals surface area contributed by atoms with Gasteiger partial charge in [-0.25, -0.2) is 0 Å². The summed E-state index contributed by atoms with van der Waals surface area (Å²) in [5.74, 6) is -0.997. The first kappa shape index (κ1) is 16.5. The van der Waals surface area contributed by atoms with Crippen LogP contribution in [0.15, 0.2) is 65.5 Å². The Kier molecular flexibility index (Phi) is 5.17. The molecular formula is C19H18AsNO3. The van der Waals surface area contributed by atoms with Crippen molar-refractivity contribution in [3.8, 4) is 0 Å². The van der Waals surface area contributed by atoms with Gasteiger partial charge in [-0.05, 0) is 0 Å². The van der Waals surface area contributed by atoms with Crippen molar-refractivity contribution in [3.05, 3.63) is 76.6 Å². The fraction of sp³-hybridized carbons (Fsp3) is 0.158. The quantitative estimate of drug-likeness (QED) is 0.661. The molecule has 0 spiro atoms. The Morgan fingerprint density at radius 1 is 1.04 bits per heavy atom. The zero-order chi connectivity index (χ0) is 16.9. The van der Waals surface area contributed by atoms with Gasteiger partial charge in [-0.1, -0.05) is 0 Å². The number of benzene rings is 2. The normalized spacial score (nSPS) is 11.3. The monoisotopic (exact) mass is 383 g/mol. The third-order valence-electron chi connectivity index (χ3n) is 3.87. The third-order valence-corrected chi connectivity index (χ3v) is 6.47. The van der Waals surface area contributed by atoms with Crippen LogP contribution in [0.4, 0.5) is 0 Å². The Labute approximate surface area is 146 Å². The van der Waals surface area contributed by atoms with Crippen molar-refractivity contribution in [3.63, 3.8) is 0 Å². The van der Waals surface area contributed by atoms with Crippen molar-refractivity contribution >= 4 is 37.0 Å². The molecule has 0 amide bonds. The summed E-state index contributed by atoms with van der Waals surface area (Å²) in [6.07, 6.45) is 0.950. The predicted octanol–water partition coefficient (Wildman–Crippen LogP) is 1.81. The van der Waals surface area contributed by atoms with Crippen LogP contribution in [-0.2, 0) is 17.8 Å². The molecular weight excluding hydrogens is 365 g/mol. The molecule has 1 aromatic heterocycles. The summed E-state index contributed by atoms with van der Waals surface area (Å²) in [4.78, 5) is 23.8. The fourth-order valence-electron chi connectivity index (χ4n) is 2.73. The van der Waals surface area contributed by atoms with E-state index in [1.165, 1.54) is 10.1 Å². The molecule has 0 aliphatic heterocycles. The van der Waals surface area contributed by atoms with Gasteiger partial charge in [0.05, 0.1) is 0 Å². The van der Waals surface area contributed by atoms with Gasteiger partial charge in [0.2, 0.25) is 0 Å². The average Bonchev–Trinajstić information content (AvgIpc) is 2.59. The molecule has 0 aliphatic rings. The van der Waals surface area contributed by atoms with Gasteiger partial charge in [-0.15, -0.1) is 0 Å². The van der Waals surface area contributed by atoms with Gasteiger partial charge >= 0.3 is 146 Å². The number of aryl methyl sites for hydroxylation is 1. The van der Waals surface area contributed by atoms with Gasteiger partial charge in [0.25, 0.3) is 0 Å². The zero-order valence-corrected chi connectivity index (χ0v) is 15.2. The maximum atomic E-state index is 12.7. The van der Waals surface area contributed by atoms with Gasteiger partial charge in [0.1, 0.15) is 0 Å². The zero-order valence-electron chi connectivity index (χ0n) is 13.1. The number of carboxylic acids is 1. The van der Waals surface area contributed by atoms with Gasteiger partial charge in [-0.3, -0.25) is 0 Å². The molecule has 2 aromatic carbocycles. The van der Waals surface area contributed by atoms with Crippen LogP contribution in [0.2, 0.25) is 5.21 Å². The van der Waals surface area contributed by atoms with Crippen LogP contribution in [0.25, 0.3) is 10.9 Å². The molecule has 1 heterocycles. The third kappa shape index (κ3) is 3.77. The summed E-state index contributed by atoms with van der Waals surface area (Å²) in [5, 5.41) is 11.0. The summed E-state index contributed by atoms with van der Waals surface area (Å²) in [6.45, 7) is -0.294. The Hall–Kier alpha value is -2.32. The second-order valence-corrected chi connectivity index (χ2v) is 8.49. The number of hydrogen-bond acceptors (Lipinski definition) is 2. The topological polar surface area (TPSA) is 59.3 Å². The van der Waals surface area contributed by atoms with Crippen molar-refractivity contribution in [2.75, 3.05) is 0 Å². The van der Waals surface area contributed by atoms with Crippen molar-refractivity contribution < 1.29 is 9.90 Å². The molecule has 4 nitrogen and oxygen atoms in total. The number of carboxylic acid groups (broad SMARTS) is 1. The van der Waals surface area contributed by atoms with Crippen molar-refractivity contribution in [2.45, 2.75) is 18.2 Å². The second-order valence-electron chi connectivity index (χ2n) is 5.56. The molecule has 5 heteroatoms. The molecule has 1 N–H and O–H groups in total. The Morgan fingerprint density at radius 2 is 1.75 bits per heavy atom. The number of fused-ring (bicyclic) bond motifs is 1. The van der Waals surface area contributed by atoms with E-state index in [0.717, 1.165) is 21.4 Å². The molecule has 3 rings (SSSR count). The van der Waals surface area contributed by atoms with Gasteiger partial charge in [0, 0.05) is 0 Å². The van der Waals surface area contributed by atoms with E-state index in [2.05, 4.69) is 12.1 Å². The van der Waals surface area contributed by atoms with Gasteiger partial charge < -0.3 is 0 Å². The fourth-order valence-corrected chi connectivity index (χ4v) is 5.31. The number of rotatable bonds is 6. The van der Waals surface area contributed by atoms with Crippen LogP contribution in [0.3, 0.4) is 0 Å². The summed E-state index contributed by atoms with van der Waals surface area (Å²) < 4.78 is 2.19. The molecule has 122 valence electrons. The summed E-state index contributed by atoms with van der Waals surface area (Å²) in [5.41, 5.74) is 1.81. The number of nitrogens with zero attached hydrogens (tertiary/aromatic N) is 1. The predicted molar refractivity (Wildman–Crippen MR) is 97.6 cm³/mol. The van der Waals surface area contributed by atoms with Gasteiger partial charge in [-0.2, -0.15) is 0 Å². The van der Waals surface area contributed by atoms with E-state index in [1.807, 2.05) is 42.5 Å². The molecule has 24 heavy (non-hydrogen) atoms. The van der Waals surface area contributed by atoms with E-state index in [9.17, 15) is 9.59 Å². The molecule has 0 fully saturated rings. The van der Waals surface area contributed by atoms with E-state index < -0.39 is 21.7 Å². The number of aliphatic carboxylic acids is 1. The summed E-state index contributed by atoms with van der Waals surface area (Å²) >= 11 is -0.615. The van der Waals surface area contributed by atoms with Crippen molar-refractivity contribution in [1.29, 1.82) is 0 Å². The minimum atomic E-state index is -0.997. The molecule has 0 saturated heterocycles. The maximum absolute atomic E-state index is 12.7. The minimum absolute atomic E-state index is 0.149. The molecule has 0 bridgehead atoms. The molecule has 0 aliphatic carbocycles. The van der Waals surface area contributed by atoms with E-state index in [1.54, 1.807) is 6.07 Å². The SMILES string of the molecule is O=C(O)Cn1c(=O)c([AsH]CCc2ccccc2)cc2ccccc21. The number of aromatic nitrogens is 1. The van der Waals surface area contributed by atoms with Crippen molar-refractivity contribution in [2.24, 2.45) is 0 Å². The second kappa shape index (κ2) is 7.50. The molecule has 1 unspecified atom stereocenters. The molecule has 3 aromatic rings. The number of pyridine rings is 1. The number of hydrogen-bond donors (Lipinski definition) is 1. The van der Waals surface area contributed by atoms with Crippen LogP contribution in [0.1, 0.15) is 5.56 Å². The Bertz CT molecular complexity index is 919. The van der Waals surface area contributed by atoms with E-state index in [4.69, 9.17) is 5.11 Å². The number of carbonyl (C=O) groups is 1. The first-order valence-corrected chi connectivity index (χ1v) is 10.3. The molecule has 1 atom stereocenters. The van der Waals surface area contributed by atoms with Crippen LogP contribution in [-0.4, -0.2) is 31.4 Å². The van der Waals surface area contributed by atoms with E-state index >= 15 is 0 Å². The summed E-state index contributed by atoms with van der Waals surface area (Å²) in [6, 6.07) is 19.6. The van der Waals surface area contributed by atoms with E-state index in [-0.39, 0.29) is 12.1 Å². The Morgan fingerprint density at radius 3 is 2.50 bits per heavy atom. The van der Waals surface area contributed by atoms with Crippen LogP contribution >= 0.6 is 0 Å². The first-order chi connectivity index (χ1) is 11.6. The van der Waals surface area contributed by atoms with Crippen molar-refractivity contribution in [1.82, 2.24) is 4.57 Å². The first-order valence-electron chi connectivity index (χ1n) is 7.77. The number of para-hydroxylation sites is 1. The van der Waals surface area contributed by atoms with Gasteiger partial charge in [0.15, 0.2) is 0 Å². The average molecular weight is 383 g/mol. The van der Waals surface area contributed by atoms with Crippen LogP contribution < -0.4 is 9.91 Å². The van der Waals surface area contributed by atoms with Crippen LogP contribution in [0, 0.1) is 0 Å². The van der Waals surface area contributed by atoms with Crippen LogP contribution in [0.5, 0.6) is 0 Å². The summed E-state index contributed by atoms with van der Waals surface area (Å²) in [7, 11) is 0. The molecule has 0 saturated carbocycles. The van der Waals surface area contributed by atoms with E-state index in [0.29, 0.717) is 5.52 Å². The standard InChI is InChI=1S/C19H18AsNO3/c22-18(23)13-21-17-9-5-4-8-15(17)12-16(19(21)24)20-11-10-14-6-2-1-3-7-14/h1-9,12,20H,10-11,13H2,(H,22,23). The molecule has 0 radical (unpaired) electrons. The Balaban J connectivity index is 1.88.